The van der Waals surface area contributed by atoms with Crippen LogP contribution < -0.4 is 0 Å². The van der Waals surface area contributed by atoms with Gasteiger partial charge in [0.15, 0.2) is 0 Å². The predicted octanol–water partition coefficient (Wildman–Crippen LogP) is 2.77. The molecule has 104 valence electrons. The number of carbonyl (C=O) groups is 1. The number of hydrogen-bond acceptors (Lipinski definition) is 4. The third-order valence-electron chi connectivity index (χ3n) is 3.12. The molecule has 6 nitrogen and oxygen atoms in total. The van der Waals surface area contributed by atoms with Gasteiger partial charge in [-0.15, -0.1) is 0 Å². The topological polar surface area (TPSA) is 87.2 Å². The zero-order chi connectivity index (χ0) is 14.7. The first kappa shape index (κ1) is 14.3. The highest BCUT2D eigenvalue weighted by atomic mass is 35.5. The summed E-state index contributed by atoms with van der Waals surface area (Å²) in [4.78, 5) is 24.4. The van der Waals surface area contributed by atoms with Gasteiger partial charge in [0.25, 0.3) is 11.6 Å². The second kappa shape index (κ2) is 5.88. The molecule has 0 bridgehead atoms. The number of benzene rings is 1. The smallest absolute Gasteiger partial charge is 0.283 e. The summed E-state index contributed by atoms with van der Waals surface area (Å²) in [5.41, 5.74) is -0.394. The van der Waals surface area contributed by atoms with Crippen molar-refractivity contribution in [2.45, 2.75) is 25.3 Å². The number of hydrogen-bond donors (Lipinski definition) is 0. The first-order valence-corrected chi connectivity index (χ1v) is 6.55. The van der Waals surface area contributed by atoms with Gasteiger partial charge in [0, 0.05) is 18.7 Å². The maximum atomic E-state index is 12.5. The Balaban J connectivity index is 2.36. The Bertz CT molecular complexity index is 593. The average molecular weight is 294 g/mol. The van der Waals surface area contributed by atoms with E-state index in [0.29, 0.717) is 0 Å². The van der Waals surface area contributed by atoms with E-state index in [1.54, 1.807) is 0 Å². The Kier molecular flexibility index (Phi) is 4.20. The molecule has 0 N–H and O–H groups in total. The molecule has 0 spiro atoms. The third-order valence-corrected chi connectivity index (χ3v) is 3.43. The monoisotopic (exact) mass is 293 g/mol. The zero-order valence-electron chi connectivity index (χ0n) is 10.6. The number of nitro groups is 1. The van der Waals surface area contributed by atoms with Crippen molar-refractivity contribution >= 4 is 23.2 Å². The highest BCUT2D eigenvalue weighted by Crippen LogP contribution is 2.33. The van der Waals surface area contributed by atoms with E-state index in [0.717, 1.165) is 12.8 Å². The quantitative estimate of drug-likeness (QED) is 0.617. The van der Waals surface area contributed by atoms with Crippen molar-refractivity contribution in [1.82, 2.24) is 4.90 Å². The average Bonchev–Trinajstić information content (AvgIpc) is 3.23. The van der Waals surface area contributed by atoms with E-state index in [-0.39, 0.29) is 35.3 Å². The fourth-order valence-electron chi connectivity index (χ4n) is 2.03. The van der Waals surface area contributed by atoms with Crippen LogP contribution in [0, 0.1) is 21.4 Å². The summed E-state index contributed by atoms with van der Waals surface area (Å²) in [5, 5.41) is 19.7. The van der Waals surface area contributed by atoms with Gasteiger partial charge < -0.3 is 4.90 Å². The van der Waals surface area contributed by atoms with Gasteiger partial charge in [-0.25, -0.2) is 0 Å². The minimum absolute atomic E-state index is 0.0618. The van der Waals surface area contributed by atoms with Crippen LogP contribution in [0.5, 0.6) is 0 Å². The van der Waals surface area contributed by atoms with Crippen LogP contribution in [0.3, 0.4) is 0 Å². The van der Waals surface area contributed by atoms with Crippen LogP contribution >= 0.6 is 11.6 Å². The molecule has 0 radical (unpaired) electrons. The highest BCUT2D eigenvalue weighted by Gasteiger charge is 2.36. The number of nitro benzene ring substituents is 1. The fourth-order valence-corrected chi connectivity index (χ4v) is 2.28. The molecule has 1 aliphatic rings. The maximum Gasteiger partial charge on any atom is 0.283 e. The van der Waals surface area contributed by atoms with Gasteiger partial charge in [-0.3, -0.25) is 14.9 Å². The van der Waals surface area contributed by atoms with Gasteiger partial charge >= 0.3 is 0 Å². The summed E-state index contributed by atoms with van der Waals surface area (Å²) in [5.74, 6) is -0.472. The Morgan fingerprint density at radius 1 is 1.55 bits per heavy atom. The highest BCUT2D eigenvalue weighted by molar-refractivity contribution is 6.34. The minimum atomic E-state index is -0.617. The van der Waals surface area contributed by atoms with E-state index in [9.17, 15) is 14.9 Å². The van der Waals surface area contributed by atoms with Crippen molar-refractivity contribution in [2.24, 2.45) is 0 Å². The molecule has 1 aromatic carbocycles. The largest absolute Gasteiger partial charge is 0.334 e. The van der Waals surface area contributed by atoms with Gasteiger partial charge in [0.2, 0.25) is 0 Å². The van der Waals surface area contributed by atoms with Crippen LogP contribution in [0.4, 0.5) is 5.69 Å². The molecule has 20 heavy (non-hydrogen) atoms. The van der Waals surface area contributed by atoms with Gasteiger partial charge in [0.1, 0.15) is 5.56 Å². The van der Waals surface area contributed by atoms with E-state index < -0.39 is 10.8 Å². The Morgan fingerprint density at radius 2 is 2.25 bits per heavy atom. The van der Waals surface area contributed by atoms with E-state index in [4.69, 9.17) is 16.9 Å². The lowest BCUT2D eigenvalue weighted by atomic mass is 10.1. The van der Waals surface area contributed by atoms with Gasteiger partial charge in [0.05, 0.1) is 22.4 Å². The Labute approximate surface area is 120 Å². The molecule has 0 saturated heterocycles. The first-order valence-electron chi connectivity index (χ1n) is 6.17. The van der Waals surface area contributed by atoms with Gasteiger partial charge in [-0.2, -0.15) is 5.26 Å². The van der Waals surface area contributed by atoms with Crippen LogP contribution in [-0.4, -0.2) is 28.3 Å². The minimum Gasteiger partial charge on any atom is -0.334 e. The van der Waals surface area contributed by atoms with Crippen molar-refractivity contribution in [3.63, 3.8) is 0 Å². The lowest BCUT2D eigenvalue weighted by Gasteiger charge is -2.21. The molecule has 0 heterocycles. The van der Waals surface area contributed by atoms with E-state index in [1.165, 1.54) is 23.1 Å². The molecule has 1 aromatic rings. The van der Waals surface area contributed by atoms with Crippen molar-refractivity contribution in [3.8, 4) is 6.07 Å². The van der Waals surface area contributed by atoms with Crippen LogP contribution in [-0.2, 0) is 0 Å². The Hall–Kier alpha value is -2.13. The van der Waals surface area contributed by atoms with Crippen LogP contribution in [0.1, 0.15) is 29.6 Å². The van der Waals surface area contributed by atoms with Crippen LogP contribution in [0.15, 0.2) is 18.2 Å². The van der Waals surface area contributed by atoms with E-state index >= 15 is 0 Å². The third kappa shape index (κ3) is 2.89. The molecule has 0 atom stereocenters. The summed E-state index contributed by atoms with van der Waals surface area (Å²) in [6, 6.07) is 6.19. The van der Waals surface area contributed by atoms with E-state index in [1.807, 2.05) is 6.07 Å². The number of rotatable bonds is 5. The molecule has 1 amide bonds. The number of halogens is 1. The summed E-state index contributed by atoms with van der Waals surface area (Å²) in [6.45, 7) is 0.266. The lowest BCUT2D eigenvalue weighted by Crippen LogP contribution is -2.34. The number of nitriles is 1. The van der Waals surface area contributed by atoms with Gasteiger partial charge in [-0.1, -0.05) is 17.7 Å². The SMILES string of the molecule is N#CCCN(C(=O)c1c(Cl)cccc1[N+](=O)[O-])C1CC1. The number of nitrogens with zero attached hydrogens (tertiary/aromatic N) is 3. The van der Waals surface area contributed by atoms with Crippen molar-refractivity contribution in [1.29, 1.82) is 5.26 Å². The maximum absolute atomic E-state index is 12.5. The molecule has 1 aliphatic carbocycles. The summed E-state index contributed by atoms with van der Waals surface area (Å²) in [6.07, 6.45) is 1.91. The molecular weight excluding hydrogens is 282 g/mol. The van der Waals surface area contributed by atoms with Crippen molar-refractivity contribution in [2.75, 3.05) is 6.54 Å². The molecule has 2 rings (SSSR count). The standard InChI is InChI=1S/C13H12ClN3O3/c14-10-3-1-4-11(17(19)20)12(10)13(18)16(8-2-7-15)9-5-6-9/h1,3-4,9H,2,5-6,8H2. The summed E-state index contributed by atoms with van der Waals surface area (Å²) in [7, 11) is 0. The van der Waals surface area contributed by atoms with E-state index in [2.05, 4.69) is 0 Å². The molecule has 1 fully saturated rings. The summed E-state index contributed by atoms with van der Waals surface area (Å²) >= 11 is 5.95. The molecule has 0 aliphatic heterocycles. The molecule has 7 heteroatoms. The normalized spacial score (nSPS) is 13.6. The summed E-state index contributed by atoms with van der Waals surface area (Å²) < 4.78 is 0. The molecule has 0 aromatic heterocycles. The second-order valence-corrected chi connectivity index (χ2v) is 4.94. The second-order valence-electron chi connectivity index (χ2n) is 4.53. The lowest BCUT2D eigenvalue weighted by molar-refractivity contribution is -0.385. The van der Waals surface area contributed by atoms with Gasteiger partial charge in [-0.05, 0) is 18.9 Å². The first-order chi connectivity index (χ1) is 9.56. The predicted molar refractivity (Wildman–Crippen MR) is 72.4 cm³/mol. The zero-order valence-corrected chi connectivity index (χ0v) is 11.3. The molecular formula is C13H12ClN3O3. The molecule has 0 unspecified atom stereocenters. The van der Waals surface area contributed by atoms with Crippen LogP contribution in [0.25, 0.3) is 0 Å². The van der Waals surface area contributed by atoms with Crippen molar-refractivity contribution in [3.05, 3.63) is 38.9 Å². The van der Waals surface area contributed by atoms with Crippen LogP contribution in [0.2, 0.25) is 5.02 Å². The fraction of sp³-hybridized carbons (Fsp3) is 0.385. The molecule has 1 saturated carbocycles. The van der Waals surface area contributed by atoms with Crippen molar-refractivity contribution < 1.29 is 9.72 Å². The number of carbonyl (C=O) groups excluding carboxylic acids is 1. The Morgan fingerprint density at radius 3 is 2.80 bits per heavy atom. The number of amides is 1.